The van der Waals surface area contributed by atoms with Crippen molar-refractivity contribution in [2.75, 3.05) is 13.2 Å². The SMILES string of the molecule is CCCCCCCCCCCCCCCCCCC(=O)O[C@@H](COC(=O)CCCCCCCCCCC)COC(=O)CCCCCCCCC(C)C. The van der Waals surface area contributed by atoms with Crippen LogP contribution in [0.25, 0.3) is 0 Å². The van der Waals surface area contributed by atoms with E-state index in [1.165, 1.54) is 148 Å². The molecule has 0 unspecified atom stereocenters. The Morgan fingerprint density at radius 3 is 0.942 bits per heavy atom. The molecule has 308 valence electrons. The fourth-order valence-electron chi connectivity index (χ4n) is 6.80. The van der Waals surface area contributed by atoms with Crippen molar-refractivity contribution < 1.29 is 28.6 Å². The van der Waals surface area contributed by atoms with Crippen LogP contribution in [0.1, 0.15) is 252 Å². The second-order valence-electron chi connectivity index (χ2n) is 16.2. The second kappa shape index (κ2) is 40.6. The maximum atomic E-state index is 12.7. The molecule has 0 aromatic rings. The molecule has 0 aliphatic rings. The highest BCUT2D eigenvalue weighted by Gasteiger charge is 2.19. The molecule has 0 aliphatic heterocycles. The summed E-state index contributed by atoms with van der Waals surface area (Å²) in [7, 11) is 0. The van der Waals surface area contributed by atoms with E-state index in [9.17, 15) is 14.4 Å². The number of hydrogen-bond acceptors (Lipinski definition) is 6. The maximum absolute atomic E-state index is 12.7. The first-order chi connectivity index (χ1) is 25.4. The van der Waals surface area contributed by atoms with E-state index >= 15 is 0 Å². The third-order valence-electron chi connectivity index (χ3n) is 10.3. The average molecular weight is 737 g/mol. The Kier molecular flexibility index (Phi) is 39.4. The molecule has 1 atom stereocenters. The molecule has 0 spiro atoms. The molecule has 0 rings (SSSR count). The molecular formula is C46H88O6. The van der Waals surface area contributed by atoms with Crippen molar-refractivity contribution in [3.05, 3.63) is 0 Å². The van der Waals surface area contributed by atoms with Crippen LogP contribution in [0, 0.1) is 5.92 Å². The minimum atomic E-state index is -0.759. The molecule has 0 radical (unpaired) electrons. The Hall–Kier alpha value is -1.59. The van der Waals surface area contributed by atoms with Gasteiger partial charge in [0.25, 0.3) is 0 Å². The molecule has 0 heterocycles. The van der Waals surface area contributed by atoms with Gasteiger partial charge in [-0.05, 0) is 25.2 Å². The molecule has 0 bridgehead atoms. The van der Waals surface area contributed by atoms with Crippen LogP contribution in [-0.4, -0.2) is 37.2 Å². The molecule has 0 amide bonds. The number of unbranched alkanes of at least 4 members (excludes halogenated alkanes) is 28. The maximum Gasteiger partial charge on any atom is 0.306 e. The van der Waals surface area contributed by atoms with Crippen LogP contribution in [-0.2, 0) is 28.6 Å². The highest BCUT2D eigenvalue weighted by Crippen LogP contribution is 2.16. The lowest BCUT2D eigenvalue weighted by Gasteiger charge is -2.18. The van der Waals surface area contributed by atoms with Gasteiger partial charge in [0.1, 0.15) is 13.2 Å². The fourth-order valence-corrected chi connectivity index (χ4v) is 6.80. The van der Waals surface area contributed by atoms with Gasteiger partial charge < -0.3 is 14.2 Å². The van der Waals surface area contributed by atoms with E-state index in [-0.39, 0.29) is 31.1 Å². The van der Waals surface area contributed by atoms with Crippen molar-refractivity contribution in [2.45, 2.75) is 259 Å². The first kappa shape index (κ1) is 50.4. The number of hydrogen-bond donors (Lipinski definition) is 0. The molecule has 0 fully saturated rings. The minimum absolute atomic E-state index is 0.0649. The van der Waals surface area contributed by atoms with Crippen molar-refractivity contribution in [1.29, 1.82) is 0 Å². The molecule has 0 aromatic heterocycles. The van der Waals surface area contributed by atoms with Crippen LogP contribution in [0.5, 0.6) is 0 Å². The van der Waals surface area contributed by atoms with Gasteiger partial charge in [-0.2, -0.15) is 0 Å². The van der Waals surface area contributed by atoms with Gasteiger partial charge in [0.15, 0.2) is 6.10 Å². The Morgan fingerprint density at radius 2 is 0.635 bits per heavy atom. The molecule has 0 aliphatic carbocycles. The molecule has 6 heteroatoms. The normalized spacial score (nSPS) is 11.9. The zero-order chi connectivity index (χ0) is 38.2. The van der Waals surface area contributed by atoms with Gasteiger partial charge in [-0.3, -0.25) is 14.4 Å². The number of rotatable bonds is 41. The van der Waals surface area contributed by atoms with Gasteiger partial charge in [0, 0.05) is 19.3 Å². The highest BCUT2D eigenvalue weighted by atomic mass is 16.6. The summed E-state index contributed by atoms with van der Waals surface area (Å²) in [4.78, 5) is 37.6. The summed E-state index contributed by atoms with van der Waals surface area (Å²) in [5.74, 6) is -0.0973. The number of carbonyl (C=O) groups excluding carboxylic acids is 3. The predicted octanol–water partition coefficient (Wildman–Crippen LogP) is 14.3. The second-order valence-corrected chi connectivity index (χ2v) is 16.2. The molecule has 6 nitrogen and oxygen atoms in total. The molecule has 52 heavy (non-hydrogen) atoms. The Morgan fingerprint density at radius 1 is 0.365 bits per heavy atom. The van der Waals surface area contributed by atoms with Crippen LogP contribution in [0.15, 0.2) is 0 Å². The van der Waals surface area contributed by atoms with Crippen LogP contribution >= 0.6 is 0 Å². The van der Waals surface area contributed by atoms with Crippen molar-refractivity contribution >= 4 is 17.9 Å². The van der Waals surface area contributed by atoms with Gasteiger partial charge in [-0.25, -0.2) is 0 Å². The third-order valence-corrected chi connectivity index (χ3v) is 10.3. The molecule has 0 aromatic carbocycles. The zero-order valence-corrected chi connectivity index (χ0v) is 35.3. The fraction of sp³-hybridized carbons (Fsp3) is 0.935. The first-order valence-electron chi connectivity index (χ1n) is 22.9. The van der Waals surface area contributed by atoms with Gasteiger partial charge in [-0.15, -0.1) is 0 Å². The van der Waals surface area contributed by atoms with Crippen LogP contribution in [0.2, 0.25) is 0 Å². The first-order valence-corrected chi connectivity index (χ1v) is 22.9. The quantitative estimate of drug-likeness (QED) is 0.0353. The molecule has 0 saturated heterocycles. The van der Waals surface area contributed by atoms with Crippen LogP contribution in [0.3, 0.4) is 0 Å². The lowest BCUT2D eigenvalue weighted by Crippen LogP contribution is -2.30. The van der Waals surface area contributed by atoms with Gasteiger partial charge in [0.05, 0.1) is 0 Å². The minimum Gasteiger partial charge on any atom is -0.462 e. The lowest BCUT2D eigenvalue weighted by molar-refractivity contribution is -0.167. The van der Waals surface area contributed by atoms with Crippen molar-refractivity contribution in [2.24, 2.45) is 5.92 Å². The molecule has 0 saturated carbocycles. The zero-order valence-electron chi connectivity index (χ0n) is 35.3. The van der Waals surface area contributed by atoms with Crippen molar-refractivity contribution in [3.63, 3.8) is 0 Å². The van der Waals surface area contributed by atoms with Crippen LogP contribution < -0.4 is 0 Å². The Labute approximate surface area is 323 Å². The van der Waals surface area contributed by atoms with E-state index in [1.54, 1.807) is 0 Å². The number of ether oxygens (including phenoxy) is 3. The van der Waals surface area contributed by atoms with Gasteiger partial charge in [0.2, 0.25) is 0 Å². The topological polar surface area (TPSA) is 78.9 Å². The van der Waals surface area contributed by atoms with E-state index in [0.717, 1.165) is 63.7 Å². The van der Waals surface area contributed by atoms with Crippen molar-refractivity contribution in [3.8, 4) is 0 Å². The number of esters is 3. The smallest absolute Gasteiger partial charge is 0.306 e. The monoisotopic (exact) mass is 737 g/mol. The lowest BCUT2D eigenvalue weighted by atomic mass is 10.0. The summed E-state index contributed by atoms with van der Waals surface area (Å²) in [5.41, 5.74) is 0. The largest absolute Gasteiger partial charge is 0.462 e. The van der Waals surface area contributed by atoms with E-state index in [1.807, 2.05) is 0 Å². The average Bonchev–Trinajstić information content (AvgIpc) is 3.12. The predicted molar refractivity (Wildman–Crippen MR) is 220 cm³/mol. The number of carbonyl (C=O) groups is 3. The van der Waals surface area contributed by atoms with E-state index < -0.39 is 6.10 Å². The Bertz CT molecular complexity index is 781. The summed E-state index contributed by atoms with van der Waals surface area (Å²) < 4.78 is 16.7. The standard InChI is InChI=1S/C46H88O6/c1-5-7-9-11-13-15-16-17-18-19-20-21-23-25-31-35-39-46(49)52-43(40-50-44(47)37-33-29-24-22-14-12-10-8-6-2)41-51-45(48)38-34-30-27-26-28-32-36-42(3)4/h42-43H,5-41H2,1-4H3/t43-/m0/s1. The highest BCUT2D eigenvalue weighted by molar-refractivity contribution is 5.71. The van der Waals surface area contributed by atoms with E-state index in [4.69, 9.17) is 14.2 Å². The summed E-state index contributed by atoms with van der Waals surface area (Å²) in [6.07, 6.45) is 39.6. The molecular weight excluding hydrogens is 648 g/mol. The summed E-state index contributed by atoms with van der Waals surface area (Å²) in [5, 5.41) is 0. The Balaban J connectivity index is 4.27. The summed E-state index contributed by atoms with van der Waals surface area (Å²) in [6.45, 7) is 8.91. The van der Waals surface area contributed by atoms with E-state index in [0.29, 0.717) is 19.3 Å². The summed E-state index contributed by atoms with van der Waals surface area (Å²) >= 11 is 0. The van der Waals surface area contributed by atoms with Crippen molar-refractivity contribution in [1.82, 2.24) is 0 Å². The third kappa shape index (κ3) is 39.6. The van der Waals surface area contributed by atoms with Gasteiger partial charge in [-0.1, -0.05) is 214 Å². The van der Waals surface area contributed by atoms with Crippen LogP contribution in [0.4, 0.5) is 0 Å². The molecule has 0 N–H and O–H groups in total. The van der Waals surface area contributed by atoms with Gasteiger partial charge >= 0.3 is 17.9 Å². The summed E-state index contributed by atoms with van der Waals surface area (Å²) in [6, 6.07) is 0. The van der Waals surface area contributed by atoms with E-state index in [2.05, 4.69) is 27.7 Å².